The van der Waals surface area contributed by atoms with Gasteiger partial charge in [-0.2, -0.15) is 22.8 Å². The fourth-order valence-corrected chi connectivity index (χ4v) is 1.35. The quantitative estimate of drug-likeness (QED) is 0.781. The molecule has 2 aromatic rings. The molecule has 2 aromatic heterocycles. The summed E-state index contributed by atoms with van der Waals surface area (Å²) in [6.07, 6.45) is -3.77. The molecule has 0 bridgehead atoms. The molecule has 2 rings (SSSR count). The van der Waals surface area contributed by atoms with E-state index < -0.39 is 29.4 Å². The number of rotatable bonds is 1. The van der Waals surface area contributed by atoms with Crippen LogP contribution in [0.25, 0.3) is 5.65 Å². The summed E-state index contributed by atoms with van der Waals surface area (Å²) in [7, 11) is 1.07. The summed E-state index contributed by atoms with van der Waals surface area (Å²) >= 11 is 0. The summed E-state index contributed by atoms with van der Waals surface area (Å²) in [5.74, 6) is -1.67. The van der Waals surface area contributed by atoms with Gasteiger partial charge in [-0.3, -0.25) is 0 Å². The zero-order valence-electron chi connectivity index (χ0n) is 8.89. The van der Waals surface area contributed by atoms with Crippen LogP contribution >= 0.6 is 0 Å². The van der Waals surface area contributed by atoms with Crippen molar-refractivity contribution in [2.75, 3.05) is 7.11 Å². The van der Waals surface area contributed by atoms with E-state index in [2.05, 4.69) is 14.8 Å². The van der Waals surface area contributed by atoms with Gasteiger partial charge in [0.25, 0.3) is 0 Å². The number of hydrogen-bond donors (Lipinski definition) is 1. The molecule has 0 unspecified atom stereocenters. The highest BCUT2D eigenvalue weighted by Gasteiger charge is 2.34. The molecule has 0 fully saturated rings. The van der Waals surface area contributed by atoms with E-state index >= 15 is 0 Å². The van der Waals surface area contributed by atoms with Gasteiger partial charge in [-0.15, -0.1) is 0 Å². The summed E-state index contributed by atoms with van der Waals surface area (Å²) in [5.41, 5.74) is -2.01. The average molecular weight is 261 g/mol. The Bertz CT molecular complexity index is 621. The van der Waals surface area contributed by atoms with Crippen molar-refractivity contribution in [3.63, 3.8) is 0 Å². The number of ether oxygens (including phenoxy) is 1. The number of aromatic hydroxyl groups is 1. The van der Waals surface area contributed by atoms with Gasteiger partial charge in [0, 0.05) is 6.07 Å². The Morgan fingerprint density at radius 2 is 2.17 bits per heavy atom. The first kappa shape index (κ1) is 12.1. The van der Waals surface area contributed by atoms with Gasteiger partial charge in [0.15, 0.2) is 11.3 Å². The topological polar surface area (TPSA) is 76.7 Å². The third-order valence-electron chi connectivity index (χ3n) is 2.15. The Balaban J connectivity index is 2.72. The van der Waals surface area contributed by atoms with E-state index in [0.29, 0.717) is 10.6 Å². The van der Waals surface area contributed by atoms with Crippen LogP contribution in [0.2, 0.25) is 0 Å². The van der Waals surface area contributed by atoms with Gasteiger partial charge in [0.05, 0.1) is 13.3 Å². The van der Waals surface area contributed by atoms with Crippen LogP contribution in [-0.2, 0) is 10.9 Å². The minimum absolute atomic E-state index is 0.265. The van der Waals surface area contributed by atoms with E-state index in [1.54, 1.807) is 0 Å². The van der Waals surface area contributed by atoms with Crippen LogP contribution in [0.1, 0.15) is 16.1 Å². The van der Waals surface area contributed by atoms with Crippen LogP contribution < -0.4 is 0 Å². The van der Waals surface area contributed by atoms with Crippen molar-refractivity contribution in [2.24, 2.45) is 0 Å². The molecule has 9 heteroatoms. The van der Waals surface area contributed by atoms with Crippen LogP contribution in [0.4, 0.5) is 13.2 Å². The number of carbonyl (C=O) groups is 1. The lowest BCUT2D eigenvalue weighted by atomic mass is 10.3. The minimum atomic E-state index is -4.74. The average Bonchev–Trinajstić information content (AvgIpc) is 2.71. The number of esters is 1. The monoisotopic (exact) mass is 261 g/mol. The van der Waals surface area contributed by atoms with Crippen molar-refractivity contribution in [3.05, 3.63) is 23.5 Å². The number of halogens is 3. The summed E-state index contributed by atoms with van der Waals surface area (Å²) in [5, 5.41) is 12.9. The molecule has 1 N–H and O–H groups in total. The molecule has 0 aliphatic heterocycles. The second-order valence-corrected chi connectivity index (χ2v) is 3.28. The van der Waals surface area contributed by atoms with E-state index in [1.165, 1.54) is 0 Å². The molecule has 18 heavy (non-hydrogen) atoms. The molecule has 0 aromatic carbocycles. The Labute approximate surface area is 97.6 Å². The third kappa shape index (κ3) is 1.83. The maximum absolute atomic E-state index is 12.5. The van der Waals surface area contributed by atoms with E-state index in [1.807, 2.05) is 0 Å². The van der Waals surface area contributed by atoms with E-state index in [0.717, 1.165) is 13.3 Å². The normalized spacial score (nSPS) is 11.8. The summed E-state index contributed by atoms with van der Waals surface area (Å²) in [4.78, 5) is 14.5. The highest BCUT2D eigenvalue weighted by Crippen LogP contribution is 2.30. The first-order valence-corrected chi connectivity index (χ1v) is 4.58. The second-order valence-electron chi connectivity index (χ2n) is 3.28. The second kappa shape index (κ2) is 3.86. The first-order valence-electron chi connectivity index (χ1n) is 4.58. The SMILES string of the molecule is COC(=O)c1cnn2c(O)cc(C(F)(F)F)nc12. The predicted octanol–water partition coefficient (Wildman–Crippen LogP) is 1.24. The third-order valence-corrected chi connectivity index (χ3v) is 2.15. The molecular weight excluding hydrogens is 255 g/mol. The van der Waals surface area contributed by atoms with Crippen molar-refractivity contribution in [1.82, 2.24) is 14.6 Å². The number of carbonyl (C=O) groups excluding carboxylic acids is 1. The zero-order valence-corrected chi connectivity index (χ0v) is 8.89. The molecule has 0 aliphatic carbocycles. The lowest BCUT2D eigenvalue weighted by Crippen LogP contribution is -2.10. The summed E-state index contributed by atoms with van der Waals surface area (Å²) in [6.45, 7) is 0. The van der Waals surface area contributed by atoms with E-state index in [4.69, 9.17) is 0 Å². The number of fused-ring (bicyclic) bond motifs is 1. The Hall–Kier alpha value is -2.32. The summed E-state index contributed by atoms with van der Waals surface area (Å²) < 4.78 is 42.6. The van der Waals surface area contributed by atoms with Gasteiger partial charge in [-0.25, -0.2) is 9.78 Å². The van der Waals surface area contributed by atoms with Gasteiger partial charge < -0.3 is 9.84 Å². The van der Waals surface area contributed by atoms with Crippen molar-refractivity contribution < 1.29 is 27.8 Å². The van der Waals surface area contributed by atoms with Gasteiger partial charge in [0.1, 0.15) is 5.56 Å². The molecular formula is C9H6F3N3O3. The highest BCUT2D eigenvalue weighted by atomic mass is 19.4. The Morgan fingerprint density at radius 1 is 1.50 bits per heavy atom. The van der Waals surface area contributed by atoms with Gasteiger partial charge >= 0.3 is 12.1 Å². The standard InChI is InChI=1S/C9H6F3N3O3/c1-18-8(17)4-3-13-15-6(16)2-5(9(10,11)12)14-7(4)15/h2-3,16H,1H3. The smallest absolute Gasteiger partial charge is 0.433 e. The molecule has 0 aliphatic rings. The number of hydrogen-bond acceptors (Lipinski definition) is 5. The minimum Gasteiger partial charge on any atom is -0.493 e. The van der Waals surface area contributed by atoms with Crippen LogP contribution in [0, 0.1) is 0 Å². The predicted molar refractivity (Wildman–Crippen MR) is 51.0 cm³/mol. The molecule has 6 nitrogen and oxygen atoms in total. The first-order chi connectivity index (χ1) is 8.34. The fraction of sp³-hybridized carbons (Fsp3) is 0.222. The van der Waals surface area contributed by atoms with Crippen molar-refractivity contribution in [1.29, 1.82) is 0 Å². The fourth-order valence-electron chi connectivity index (χ4n) is 1.35. The molecule has 0 atom stereocenters. The van der Waals surface area contributed by atoms with Gasteiger partial charge in [-0.1, -0.05) is 0 Å². The van der Waals surface area contributed by atoms with Crippen LogP contribution in [0.3, 0.4) is 0 Å². The van der Waals surface area contributed by atoms with Gasteiger partial charge in [0.2, 0.25) is 5.88 Å². The largest absolute Gasteiger partial charge is 0.493 e. The maximum atomic E-state index is 12.5. The Morgan fingerprint density at radius 3 is 2.72 bits per heavy atom. The van der Waals surface area contributed by atoms with Gasteiger partial charge in [-0.05, 0) is 0 Å². The summed E-state index contributed by atoms with van der Waals surface area (Å²) in [6, 6.07) is 0.418. The number of aromatic nitrogens is 3. The van der Waals surface area contributed by atoms with E-state index in [9.17, 15) is 23.1 Å². The highest BCUT2D eigenvalue weighted by molar-refractivity contribution is 5.95. The molecule has 0 saturated carbocycles. The molecule has 0 spiro atoms. The van der Waals surface area contributed by atoms with Crippen LogP contribution in [0.15, 0.2) is 12.3 Å². The van der Waals surface area contributed by atoms with E-state index in [-0.39, 0.29) is 5.56 Å². The van der Waals surface area contributed by atoms with Crippen molar-refractivity contribution >= 4 is 11.6 Å². The Kier molecular flexibility index (Phi) is 2.60. The zero-order chi connectivity index (χ0) is 13.5. The number of alkyl halides is 3. The number of nitrogens with zero attached hydrogens (tertiary/aromatic N) is 3. The lowest BCUT2D eigenvalue weighted by Gasteiger charge is -2.07. The lowest BCUT2D eigenvalue weighted by molar-refractivity contribution is -0.141. The molecule has 2 heterocycles. The van der Waals surface area contributed by atoms with Crippen LogP contribution in [0.5, 0.6) is 5.88 Å². The molecule has 96 valence electrons. The van der Waals surface area contributed by atoms with Crippen LogP contribution in [-0.4, -0.2) is 32.8 Å². The van der Waals surface area contributed by atoms with Crippen molar-refractivity contribution in [3.8, 4) is 5.88 Å². The van der Waals surface area contributed by atoms with Crippen molar-refractivity contribution in [2.45, 2.75) is 6.18 Å². The number of methoxy groups -OCH3 is 1. The molecule has 0 saturated heterocycles. The molecule has 0 amide bonds. The molecule has 0 radical (unpaired) electrons. The maximum Gasteiger partial charge on any atom is 0.433 e.